The fourth-order valence-electron chi connectivity index (χ4n) is 4.05. The first-order valence-corrected chi connectivity index (χ1v) is 10.9. The molecule has 2 amide bonds. The number of amides is 2. The lowest BCUT2D eigenvalue weighted by Gasteiger charge is -2.34. The molecule has 172 valence electrons. The number of methoxy groups -OCH3 is 1. The molecule has 1 N–H and O–H groups in total. The number of hydrogen-bond donors (Lipinski definition) is 1. The van der Waals surface area contributed by atoms with Crippen LogP contribution in [0, 0.1) is 5.92 Å². The minimum Gasteiger partial charge on any atom is -0.453 e. The zero-order valence-electron chi connectivity index (χ0n) is 19.2. The van der Waals surface area contributed by atoms with Crippen molar-refractivity contribution in [3.05, 3.63) is 59.7 Å². The van der Waals surface area contributed by atoms with Crippen LogP contribution >= 0.6 is 0 Å². The van der Waals surface area contributed by atoms with Crippen molar-refractivity contribution in [2.24, 2.45) is 5.92 Å². The highest BCUT2D eigenvalue weighted by Crippen LogP contribution is 2.31. The van der Waals surface area contributed by atoms with Crippen molar-refractivity contribution in [2.75, 3.05) is 33.9 Å². The molecule has 0 radical (unpaired) electrons. The van der Waals surface area contributed by atoms with Gasteiger partial charge in [-0.25, -0.2) is 4.79 Å². The average Bonchev–Trinajstić information content (AvgIpc) is 2.84. The van der Waals surface area contributed by atoms with Crippen LogP contribution < -0.4 is 0 Å². The summed E-state index contributed by atoms with van der Waals surface area (Å²) in [5.41, 5.74) is 3.33. The second-order valence-electron chi connectivity index (χ2n) is 8.37. The van der Waals surface area contributed by atoms with Crippen molar-refractivity contribution in [3.63, 3.8) is 0 Å². The summed E-state index contributed by atoms with van der Waals surface area (Å²) < 4.78 is 11.2. The molecule has 0 aromatic heterocycles. The molecule has 0 spiro atoms. The Morgan fingerprint density at radius 2 is 1.81 bits per heavy atom. The average molecular weight is 441 g/mol. The quantitative estimate of drug-likeness (QED) is 0.788. The van der Waals surface area contributed by atoms with E-state index < -0.39 is 6.09 Å². The van der Waals surface area contributed by atoms with Crippen molar-refractivity contribution in [2.45, 2.75) is 32.6 Å². The lowest BCUT2D eigenvalue weighted by atomic mass is 9.94. The fourth-order valence-corrected chi connectivity index (χ4v) is 4.05. The number of benzene rings is 2. The maximum absolute atomic E-state index is 13.7. The number of rotatable bonds is 4. The Bertz CT molecular complexity index is 947. The number of aliphatic hydroxyl groups excluding tert-OH is 1. The second kappa shape index (κ2) is 10.6. The number of likely N-dealkylation sites (N-methyl/N-ethyl adjacent to an activating group) is 1. The van der Waals surface area contributed by atoms with E-state index in [-0.39, 0.29) is 30.6 Å². The van der Waals surface area contributed by atoms with Gasteiger partial charge >= 0.3 is 6.09 Å². The van der Waals surface area contributed by atoms with Gasteiger partial charge in [-0.1, -0.05) is 49.4 Å². The molecule has 7 nitrogen and oxygen atoms in total. The predicted molar refractivity (Wildman–Crippen MR) is 122 cm³/mol. The molecule has 0 bridgehead atoms. The standard InChI is InChI=1S/C25H32N2O5/c1-17-13-27(18(2)15-28)24(29)22-12-8-7-11-21(22)20-10-6-5-9-19(20)16-32-23(17)14-26(3)25(30)31-4/h5-12,17-18,23,28H,13-16H2,1-4H3/t17-,18+,23+/m0/s1. The van der Waals surface area contributed by atoms with Gasteiger partial charge in [0.25, 0.3) is 5.91 Å². The topological polar surface area (TPSA) is 79.3 Å². The van der Waals surface area contributed by atoms with Crippen molar-refractivity contribution in [1.29, 1.82) is 0 Å². The number of fused-ring (bicyclic) bond motifs is 3. The van der Waals surface area contributed by atoms with Crippen LogP contribution in [0.15, 0.2) is 48.5 Å². The molecule has 0 saturated carbocycles. The normalized spacial score (nSPS) is 19.9. The molecule has 0 unspecified atom stereocenters. The highest BCUT2D eigenvalue weighted by molar-refractivity contribution is 6.01. The Kier molecular flexibility index (Phi) is 7.88. The first-order chi connectivity index (χ1) is 15.4. The third-order valence-corrected chi connectivity index (χ3v) is 6.03. The van der Waals surface area contributed by atoms with Gasteiger partial charge < -0.3 is 24.4 Å². The second-order valence-corrected chi connectivity index (χ2v) is 8.37. The predicted octanol–water partition coefficient (Wildman–Crippen LogP) is 3.41. The molecule has 32 heavy (non-hydrogen) atoms. The van der Waals surface area contributed by atoms with Crippen LogP contribution in [0.4, 0.5) is 4.79 Å². The van der Waals surface area contributed by atoms with Crippen molar-refractivity contribution in [3.8, 4) is 11.1 Å². The van der Waals surface area contributed by atoms with E-state index in [0.29, 0.717) is 25.3 Å². The van der Waals surface area contributed by atoms with Crippen LogP contribution in [0.2, 0.25) is 0 Å². The van der Waals surface area contributed by atoms with Crippen LogP contribution in [0.3, 0.4) is 0 Å². The van der Waals surface area contributed by atoms with E-state index in [0.717, 1.165) is 16.7 Å². The molecular formula is C25H32N2O5. The lowest BCUT2D eigenvalue weighted by molar-refractivity contribution is -0.0219. The summed E-state index contributed by atoms with van der Waals surface area (Å²) in [7, 11) is 3.01. The maximum Gasteiger partial charge on any atom is 0.409 e. The van der Waals surface area contributed by atoms with Gasteiger partial charge in [-0.05, 0) is 29.7 Å². The van der Waals surface area contributed by atoms with E-state index in [1.807, 2.05) is 62.4 Å². The monoisotopic (exact) mass is 440 g/mol. The Morgan fingerprint density at radius 3 is 2.47 bits per heavy atom. The minimum absolute atomic E-state index is 0.0996. The van der Waals surface area contributed by atoms with Gasteiger partial charge in [0, 0.05) is 25.1 Å². The van der Waals surface area contributed by atoms with Gasteiger partial charge in [-0.3, -0.25) is 4.79 Å². The first kappa shape index (κ1) is 23.8. The van der Waals surface area contributed by atoms with Gasteiger partial charge in [0.2, 0.25) is 0 Å². The third kappa shape index (κ3) is 5.11. The van der Waals surface area contributed by atoms with Gasteiger partial charge in [-0.2, -0.15) is 0 Å². The summed E-state index contributed by atoms with van der Waals surface area (Å²) >= 11 is 0. The number of carbonyl (C=O) groups excluding carboxylic acids is 2. The van der Waals surface area contributed by atoms with Crippen LogP contribution in [0.5, 0.6) is 0 Å². The van der Waals surface area contributed by atoms with Crippen molar-refractivity contribution < 1.29 is 24.2 Å². The molecule has 2 aromatic rings. The van der Waals surface area contributed by atoms with Gasteiger partial charge in [0.1, 0.15) is 0 Å². The van der Waals surface area contributed by atoms with E-state index in [1.54, 1.807) is 11.9 Å². The molecular weight excluding hydrogens is 408 g/mol. The van der Waals surface area contributed by atoms with E-state index in [9.17, 15) is 14.7 Å². The zero-order chi connectivity index (χ0) is 23.3. The summed E-state index contributed by atoms with van der Waals surface area (Å²) in [6.45, 7) is 4.72. The van der Waals surface area contributed by atoms with Gasteiger partial charge in [-0.15, -0.1) is 0 Å². The van der Waals surface area contributed by atoms with E-state index >= 15 is 0 Å². The molecule has 0 saturated heterocycles. The number of nitrogens with zero attached hydrogens (tertiary/aromatic N) is 2. The highest BCUT2D eigenvalue weighted by atomic mass is 16.5. The summed E-state index contributed by atoms with van der Waals surface area (Å²) in [5, 5.41) is 9.86. The molecule has 3 rings (SSSR count). The summed E-state index contributed by atoms with van der Waals surface area (Å²) in [6, 6.07) is 15.1. The fraction of sp³-hybridized carbons (Fsp3) is 0.440. The molecule has 1 heterocycles. The SMILES string of the molecule is COC(=O)N(C)C[C@H]1OCc2ccccc2-c2ccccc2C(=O)N([C@H](C)CO)C[C@@H]1C. The Hall–Kier alpha value is -2.90. The molecule has 0 fully saturated rings. The van der Waals surface area contributed by atoms with Crippen LogP contribution in [0.1, 0.15) is 29.8 Å². The van der Waals surface area contributed by atoms with E-state index in [4.69, 9.17) is 9.47 Å². The number of aliphatic hydroxyl groups is 1. The third-order valence-electron chi connectivity index (χ3n) is 6.03. The molecule has 7 heteroatoms. The smallest absolute Gasteiger partial charge is 0.409 e. The molecule has 1 aliphatic heterocycles. The lowest BCUT2D eigenvalue weighted by Crippen LogP contribution is -2.47. The Balaban J connectivity index is 2.08. The van der Waals surface area contributed by atoms with Crippen LogP contribution in [-0.2, 0) is 16.1 Å². The van der Waals surface area contributed by atoms with E-state index in [2.05, 4.69) is 0 Å². The maximum atomic E-state index is 13.7. The van der Waals surface area contributed by atoms with Gasteiger partial charge in [0.05, 0.1) is 39.0 Å². The van der Waals surface area contributed by atoms with E-state index in [1.165, 1.54) is 12.0 Å². The molecule has 3 atom stereocenters. The number of ether oxygens (including phenoxy) is 2. The van der Waals surface area contributed by atoms with Crippen LogP contribution in [0.25, 0.3) is 11.1 Å². The molecule has 0 aliphatic carbocycles. The van der Waals surface area contributed by atoms with Crippen molar-refractivity contribution in [1.82, 2.24) is 9.80 Å². The zero-order valence-corrected chi connectivity index (χ0v) is 19.2. The van der Waals surface area contributed by atoms with Gasteiger partial charge in [0.15, 0.2) is 0 Å². The number of carbonyl (C=O) groups is 2. The Labute approximate surface area is 189 Å². The Morgan fingerprint density at radius 1 is 1.19 bits per heavy atom. The van der Waals surface area contributed by atoms with Crippen LogP contribution in [-0.4, -0.2) is 72.9 Å². The summed E-state index contributed by atoms with van der Waals surface area (Å²) in [5.74, 6) is -0.233. The summed E-state index contributed by atoms with van der Waals surface area (Å²) in [6.07, 6.45) is -0.783. The highest BCUT2D eigenvalue weighted by Gasteiger charge is 2.31. The molecule has 2 aromatic carbocycles. The minimum atomic E-state index is -0.445. The largest absolute Gasteiger partial charge is 0.453 e. The van der Waals surface area contributed by atoms with Crippen molar-refractivity contribution >= 4 is 12.0 Å². The number of hydrogen-bond acceptors (Lipinski definition) is 5. The summed E-state index contributed by atoms with van der Waals surface area (Å²) in [4.78, 5) is 28.9. The molecule has 1 aliphatic rings. The first-order valence-electron chi connectivity index (χ1n) is 10.9.